The van der Waals surface area contributed by atoms with E-state index in [1.165, 1.54) is 5.56 Å². The summed E-state index contributed by atoms with van der Waals surface area (Å²) in [5, 5.41) is 5.74. The molecule has 2 amide bonds. The maximum Gasteiger partial charge on any atom is 0.257 e. The standard InChI is InChI=1S/C24H24BrN3O2/c1-28(2)16-15-17-11-13-18(14-12-17)26-24(30)20-8-4-6-10-22(20)27-23(29)19-7-3-5-9-21(19)25/h3-14H,15-16H2,1-2H3,(H,26,30)(H,27,29). The molecule has 0 bridgehead atoms. The Morgan fingerprint density at radius 2 is 1.40 bits per heavy atom. The number of anilines is 2. The number of nitrogens with one attached hydrogen (secondary N) is 2. The van der Waals surface area contributed by atoms with Crippen molar-refractivity contribution in [1.29, 1.82) is 0 Å². The first-order valence-electron chi connectivity index (χ1n) is 9.64. The van der Waals surface area contributed by atoms with Crippen LogP contribution in [-0.2, 0) is 6.42 Å². The van der Waals surface area contributed by atoms with Crippen LogP contribution in [0.15, 0.2) is 77.3 Å². The molecular formula is C24H24BrN3O2. The highest BCUT2D eigenvalue weighted by molar-refractivity contribution is 9.10. The van der Waals surface area contributed by atoms with Crippen LogP contribution in [0, 0.1) is 0 Å². The van der Waals surface area contributed by atoms with Gasteiger partial charge in [-0.15, -0.1) is 0 Å². The van der Waals surface area contributed by atoms with Gasteiger partial charge >= 0.3 is 0 Å². The van der Waals surface area contributed by atoms with E-state index in [0.29, 0.717) is 27.0 Å². The summed E-state index contributed by atoms with van der Waals surface area (Å²) in [5.74, 6) is -0.563. The average Bonchev–Trinajstić information content (AvgIpc) is 2.73. The van der Waals surface area contributed by atoms with Crippen molar-refractivity contribution in [2.24, 2.45) is 0 Å². The number of hydrogen-bond donors (Lipinski definition) is 2. The van der Waals surface area contributed by atoms with Crippen molar-refractivity contribution in [3.63, 3.8) is 0 Å². The Balaban J connectivity index is 1.71. The summed E-state index contributed by atoms with van der Waals surface area (Å²) in [6.45, 7) is 0.969. The Labute approximate surface area is 185 Å². The van der Waals surface area contributed by atoms with Gasteiger partial charge in [-0.1, -0.05) is 36.4 Å². The fourth-order valence-electron chi connectivity index (χ4n) is 2.93. The van der Waals surface area contributed by atoms with Gasteiger partial charge in [0, 0.05) is 16.7 Å². The van der Waals surface area contributed by atoms with E-state index in [-0.39, 0.29) is 11.8 Å². The van der Waals surface area contributed by atoms with Crippen LogP contribution in [0.5, 0.6) is 0 Å². The second-order valence-electron chi connectivity index (χ2n) is 7.18. The molecule has 6 heteroatoms. The molecule has 0 radical (unpaired) electrons. The third-order valence-corrected chi connectivity index (χ3v) is 5.29. The topological polar surface area (TPSA) is 61.4 Å². The molecule has 5 nitrogen and oxygen atoms in total. The van der Waals surface area contributed by atoms with Gasteiger partial charge in [-0.2, -0.15) is 0 Å². The molecule has 0 spiro atoms. The Hall–Kier alpha value is -2.96. The molecule has 0 atom stereocenters. The molecule has 3 rings (SSSR count). The highest BCUT2D eigenvalue weighted by Gasteiger charge is 2.15. The lowest BCUT2D eigenvalue weighted by Gasteiger charge is -2.13. The molecule has 0 heterocycles. The molecule has 0 aliphatic carbocycles. The smallest absolute Gasteiger partial charge is 0.257 e. The van der Waals surface area contributed by atoms with Gasteiger partial charge < -0.3 is 15.5 Å². The second kappa shape index (κ2) is 10.2. The van der Waals surface area contributed by atoms with Crippen LogP contribution in [0.25, 0.3) is 0 Å². The predicted octanol–water partition coefficient (Wildman–Crippen LogP) is 5.06. The van der Waals surface area contributed by atoms with E-state index >= 15 is 0 Å². The molecule has 0 saturated heterocycles. The number of likely N-dealkylation sites (N-methyl/N-ethyl adjacent to an activating group) is 1. The lowest BCUT2D eigenvalue weighted by atomic mass is 10.1. The van der Waals surface area contributed by atoms with Crippen LogP contribution in [-0.4, -0.2) is 37.4 Å². The van der Waals surface area contributed by atoms with Crippen molar-refractivity contribution in [2.45, 2.75) is 6.42 Å². The van der Waals surface area contributed by atoms with Crippen molar-refractivity contribution in [3.8, 4) is 0 Å². The summed E-state index contributed by atoms with van der Waals surface area (Å²) in [7, 11) is 4.09. The van der Waals surface area contributed by atoms with Crippen molar-refractivity contribution in [3.05, 3.63) is 94.0 Å². The van der Waals surface area contributed by atoms with Gasteiger partial charge in [0.2, 0.25) is 0 Å². The monoisotopic (exact) mass is 465 g/mol. The first-order chi connectivity index (χ1) is 14.4. The van der Waals surface area contributed by atoms with Crippen LogP contribution in [0.2, 0.25) is 0 Å². The van der Waals surface area contributed by atoms with Crippen molar-refractivity contribution >= 4 is 39.1 Å². The molecule has 30 heavy (non-hydrogen) atoms. The minimum Gasteiger partial charge on any atom is -0.322 e. The lowest BCUT2D eigenvalue weighted by Crippen LogP contribution is -2.18. The third-order valence-electron chi connectivity index (χ3n) is 4.60. The number of benzene rings is 3. The zero-order chi connectivity index (χ0) is 21.5. The highest BCUT2D eigenvalue weighted by Crippen LogP contribution is 2.21. The lowest BCUT2D eigenvalue weighted by molar-refractivity contribution is 0.102. The summed E-state index contributed by atoms with van der Waals surface area (Å²) in [6.07, 6.45) is 0.950. The molecule has 2 N–H and O–H groups in total. The van der Waals surface area contributed by atoms with Crippen LogP contribution in [0.1, 0.15) is 26.3 Å². The number of rotatable bonds is 7. The van der Waals surface area contributed by atoms with E-state index in [4.69, 9.17) is 0 Å². The zero-order valence-corrected chi connectivity index (χ0v) is 18.6. The van der Waals surface area contributed by atoms with Gasteiger partial charge in [-0.25, -0.2) is 0 Å². The Bertz CT molecular complexity index is 1030. The Morgan fingerprint density at radius 1 is 0.800 bits per heavy atom. The third kappa shape index (κ3) is 5.78. The summed E-state index contributed by atoms with van der Waals surface area (Å²) in [4.78, 5) is 27.6. The average molecular weight is 466 g/mol. The van der Waals surface area contributed by atoms with Gasteiger partial charge in [-0.05, 0) is 78.4 Å². The molecule has 0 aliphatic heterocycles. The van der Waals surface area contributed by atoms with E-state index in [2.05, 4.69) is 31.5 Å². The maximum atomic E-state index is 12.8. The number of hydrogen-bond acceptors (Lipinski definition) is 3. The number of carbonyl (C=O) groups excluding carboxylic acids is 2. The second-order valence-corrected chi connectivity index (χ2v) is 8.04. The first kappa shape index (κ1) is 21.7. The summed E-state index contributed by atoms with van der Waals surface area (Å²) >= 11 is 3.38. The minimum atomic E-state index is -0.284. The van der Waals surface area contributed by atoms with E-state index in [1.807, 2.05) is 44.4 Å². The molecule has 154 valence electrons. The van der Waals surface area contributed by atoms with Crippen LogP contribution >= 0.6 is 15.9 Å². The highest BCUT2D eigenvalue weighted by atomic mass is 79.9. The number of amides is 2. The SMILES string of the molecule is CN(C)CCc1ccc(NC(=O)c2ccccc2NC(=O)c2ccccc2Br)cc1. The van der Waals surface area contributed by atoms with Gasteiger partial charge in [0.1, 0.15) is 0 Å². The predicted molar refractivity (Wildman–Crippen MR) is 125 cm³/mol. The number of carbonyl (C=O) groups is 2. The fourth-order valence-corrected chi connectivity index (χ4v) is 3.40. The summed E-state index contributed by atoms with van der Waals surface area (Å²) < 4.78 is 0.693. The Kier molecular flexibility index (Phi) is 7.38. The minimum absolute atomic E-state index is 0.279. The zero-order valence-electron chi connectivity index (χ0n) is 17.0. The molecule has 0 aromatic heterocycles. The molecule has 0 fully saturated rings. The van der Waals surface area contributed by atoms with Gasteiger partial charge in [0.05, 0.1) is 16.8 Å². The van der Waals surface area contributed by atoms with Crippen molar-refractivity contribution in [1.82, 2.24) is 4.90 Å². The fraction of sp³-hybridized carbons (Fsp3) is 0.167. The normalized spacial score (nSPS) is 10.7. The molecular weight excluding hydrogens is 442 g/mol. The van der Waals surface area contributed by atoms with Gasteiger partial charge in [0.15, 0.2) is 0 Å². The molecule has 0 unspecified atom stereocenters. The van der Waals surface area contributed by atoms with Crippen LogP contribution in [0.4, 0.5) is 11.4 Å². The number of nitrogens with zero attached hydrogens (tertiary/aromatic N) is 1. The van der Waals surface area contributed by atoms with Crippen LogP contribution in [0.3, 0.4) is 0 Å². The number of para-hydroxylation sites is 1. The van der Waals surface area contributed by atoms with Gasteiger partial charge in [0.25, 0.3) is 11.8 Å². The van der Waals surface area contributed by atoms with Crippen LogP contribution < -0.4 is 10.6 Å². The van der Waals surface area contributed by atoms with E-state index < -0.39 is 0 Å². The van der Waals surface area contributed by atoms with Crippen molar-refractivity contribution < 1.29 is 9.59 Å². The quantitative estimate of drug-likeness (QED) is 0.512. The Morgan fingerprint density at radius 3 is 2.07 bits per heavy atom. The molecule has 3 aromatic rings. The number of halogens is 1. The first-order valence-corrected chi connectivity index (χ1v) is 10.4. The largest absolute Gasteiger partial charge is 0.322 e. The molecule has 0 saturated carbocycles. The van der Waals surface area contributed by atoms with E-state index in [1.54, 1.807) is 42.5 Å². The van der Waals surface area contributed by atoms with Crippen molar-refractivity contribution in [2.75, 3.05) is 31.3 Å². The van der Waals surface area contributed by atoms with E-state index in [9.17, 15) is 9.59 Å². The van der Waals surface area contributed by atoms with E-state index in [0.717, 1.165) is 13.0 Å². The summed E-state index contributed by atoms with van der Waals surface area (Å²) in [6, 6.07) is 21.9. The molecule has 0 aliphatic rings. The van der Waals surface area contributed by atoms with Gasteiger partial charge in [-0.3, -0.25) is 9.59 Å². The maximum absolute atomic E-state index is 12.8. The molecule has 3 aromatic carbocycles. The summed E-state index contributed by atoms with van der Waals surface area (Å²) in [5.41, 5.74) is 3.28.